The summed E-state index contributed by atoms with van der Waals surface area (Å²) in [6, 6.07) is 0. The summed E-state index contributed by atoms with van der Waals surface area (Å²) < 4.78 is 8.78. The quantitative estimate of drug-likeness (QED) is 0.617. The van der Waals surface area contributed by atoms with Crippen molar-refractivity contribution < 1.29 is 24.2 Å². The molecule has 0 fully saturated rings. The number of aliphatic hydroxyl groups is 1. The first-order chi connectivity index (χ1) is 6.02. The minimum absolute atomic E-state index is 0.166. The van der Waals surface area contributed by atoms with Gasteiger partial charge in [-0.3, -0.25) is 9.59 Å². The third-order valence-electron chi connectivity index (χ3n) is 1.70. The molecule has 0 aliphatic carbocycles. The molecular formula is C8H14O5. The van der Waals surface area contributed by atoms with Crippen molar-refractivity contribution in [1.29, 1.82) is 0 Å². The lowest BCUT2D eigenvalue weighted by molar-refractivity contribution is -0.155. The van der Waals surface area contributed by atoms with Crippen LogP contribution >= 0.6 is 0 Å². The van der Waals surface area contributed by atoms with Crippen molar-refractivity contribution in [2.45, 2.75) is 19.4 Å². The standard InChI is InChI=1S/C8H14O5/c1-5(9)6(8(11)13-3)4-7(10)12-2/h5-6,9H,4H2,1-3H3/t5-,6?/m1/s1. The number of ether oxygens (including phenoxy) is 2. The maximum absolute atomic E-state index is 11.0. The Morgan fingerprint density at radius 3 is 2.15 bits per heavy atom. The number of methoxy groups -OCH3 is 2. The van der Waals surface area contributed by atoms with Crippen LogP contribution in [-0.4, -0.2) is 37.4 Å². The monoisotopic (exact) mass is 190 g/mol. The molecule has 0 rings (SSSR count). The van der Waals surface area contributed by atoms with Crippen molar-refractivity contribution in [3.05, 3.63) is 0 Å². The van der Waals surface area contributed by atoms with Gasteiger partial charge in [0.15, 0.2) is 0 Å². The summed E-state index contributed by atoms with van der Waals surface area (Å²) in [6.45, 7) is 1.42. The summed E-state index contributed by atoms with van der Waals surface area (Å²) in [5.74, 6) is -2.01. The smallest absolute Gasteiger partial charge is 0.311 e. The van der Waals surface area contributed by atoms with E-state index in [1.54, 1.807) is 0 Å². The third kappa shape index (κ3) is 3.89. The van der Waals surface area contributed by atoms with Crippen LogP contribution in [0, 0.1) is 5.92 Å². The number of hydrogen-bond acceptors (Lipinski definition) is 5. The molecule has 13 heavy (non-hydrogen) atoms. The summed E-state index contributed by atoms with van der Waals surface area (Å²) in [4.78, 5) is 21.8. The first kappa shape index (κ1) is 11.9. The zero-order valence-corrected chi connectivity index (χ0v) is 7.94. The first-order valence-corrected chi connectivity index (χ1v) is 3.85. The van der Waals surface area contributed by atoms with Gasteiger partial charge in [0.1, 0.15) is 0 Å². The van der Waals surface area contributed by atoms with Crippen LogP contribution in [0.15, 0.2) is 0 Å². The average Bonchev–Trinajstić information content (AvgIpc) is 2.11. The second kappa shape index (κ2) is 5.53. The first-order valence-electron chi connectivity index (χ1n) is 3.85. The van der Waals surface area contributed by atoms with Gasteiger partial charge in [-0.2, -0.15) is 0 Å². The van der Waals surface area contributed by atoms with Crippen molar-refractivity contribution >= 4 is 11.9 Å². The number of hydrogen-bond donors (Lipinski definition) is 1. The van der Waals surface area contributed by atoms with Crippen molar-refractivity contribution in [3.63, 3.8) is 0 Å². The van der Waals surface area contributed by atoms with E-state index in [9.17, 15) is 9.59 Å². The normalized spacial score (nSPS) is 14.5. The molecule has 0 aromatic carbocycles. The second-order valence-corrected chi connectivity index (χ2v) is 2.65. The molecule has 1 unspecified atom stereocenters. The Morgan fingerprint density at radius 1 is 1.31 bits per heavy atom. The van der Waals surface area contributed by atoms with E-state index in [0.717, 1.165) is 0 Å². The van der Waals surface area contributed by atoms with Gasteiger partial charge in [0, 0.05) is 0 Å². The average molecular weight is 190 g/mol. The fourth-order valence-corrected chi connectivity index (χ4v) is 0.865. The lowest BCUT2D eigenvalue weighted by Gasteiger charge is -2.15. The van der Waals surface area contributed by atoms with Gasteiger partial charge in [-0.15, -0.1) is 0 Å². The number of rotatable bonds is 4. The van der Waals surface area contributed by atoms with E-state index in [4.69, 9.17) is 5.11 Å². The van der Waals surface area contributed by atoms with Crippen LogP contribution in [0.3, 0.4) is 0 Å². The lowest BCUT2D eigenvalue weighted by Crippen LogP contribution is -2.29. The topological polar surface area (TPSA) is 72.8 Å². The SMILES string of the molecule is COC(=O)CC(C(=O)OC)[C@@H](C)O. The highest BCUT2D eigenvalue weighted by molar-refractivity contribution is 5.80. The van der Waals surface area contributed by atoms with E-state index < -0.39 is 24.0 Å². The van der Waals surface area contributed by atoms with Crippen LogP contribution < -0.4 is 0 Å². The fraction of sp³-hybridized carbons (Fsp3) is 0.750. The van der Waals surface area contributed by atoms with Gasteiger partial charge < -0.3 is 14.6 Å². The van der Waals surface area contributed by atoms with Gasteiger partial charge in [0.2, 0.25) is 0 Å². The number of esters is 2. The Balaban J connectivity index is 4.26. The summed E-state index contributed by atoms with van der Waals surface area (Å²) >= 11 is 0. The predicted octanol–water partition coefficient (Wildman–Crippen LogP) is -0.281. The molecule has 0 aromatic heterocycles. The van der Waals surface area contributed by atoms with Crippen LogP contribution in [0.4, 0.5) is 0 Å². The van der Waals surface area contributed by atoms with Crippen LogP contribution in [0.5, 0.6) is 0 Å². The molecule has 5 nitrogen and oxygen atoms in total. The largest absolute Gasteiger partial charge is 0.469 e. The van der Waals surface area contributed by atoms with E-state index in [2.05, 4.69) is 9.47 Å². The molecular weight excluding hydrogens is 176 g/mol. The minimum Gasteiger partial charge on any atom is -0.469 e. The van der Waals surface area contributed by atoms with Gasteiger partial charge in [0.05, 0.1) is 32.7 Å². The van der Waals surface area contributed by atoms with Crippen molar-refractivity contribution in [1.82, 2.24) is 0 Å². The van der Waals surface area contributed by atoms with E-state index in [-0.39, 0.29) is 6.42 Å². The lowest BCUT2D eigenvalue weighted by atomic mass is 10.0. The van der Waals surface area contributed by atoms with Crippen LogP contribution in [0.2, 0.25) is 0 Å². The molecule has 0 aliphatic rings. The van der Waals surface area contributed by atoms with Crippen molar-refractivity contribution in [2.24, 2.45) is 5.92 Å². The van der Waals surface area contributed by atoms with Gasteiger partial charge in [-0.05, 0) is 6.92 Å². The van der Waals surface area contributed by atoms with Gasteiger partial charge in [-0.1, -0.05) is 0 Å². The molecule has 0 saturated heterocycles. The number of carbonyl (C=O) groups is 2. The Morgan fingerprint density at radius 2 is 1.85 bits per heavy atom. The Labute approximate surface area is 76.6 Å². The molecule has 0 bridgehead atoms. The summed E-state index contributed by atoms with van der Waals surface area (Å²) in [7, 11) is 2.42. The molecule has 76 valence electrons. The predicted molar refractivity (Wildman–Crippen MR) is 43.8 cm³/mol. The molecule has 0 heterocycles. The highest BCUT2D eigenvalue weighted by Crippen LogP contribution is 2.11. The van der Waals surface area contributed by atoms with Crippen LogP contribution in [0.25, 0.3) is 0 Å². The molecule has 0 radical (unpaired) electrons. The van der Waals surface area contributed by atoms with Gasteiger partial charge in [0.25, 0.3) is 0 Å². The van der Waals surface area contributed by atoms with E-state index in [1.165, 1.54) is 21.1 Å². The maximum atomic E-state index is 11.0. The zero-order chi connectivity index (χ0) is 10.4. The molecule has 0 aromatic rings. The maximum Gasteiger partial charge on any atom is 0.311 e. The van der Waals surface area contributed by atoms with Crippen molar-refractivity contribution in [2.75, 3.05) is 14.2 Å². The summed E-state index contributed by atoms with van der Waals surface area (Å²) in [5, 5.41) is 9.15. The van der Waals surface area contributed by atoms with Crippen LogP contribution in [-0.2, 0) is 19.1 Å². The van der Waals surface area contributed by atoms with Gasteiger partial charge >= 0.3 is 11.9 Å². The molecule has 2 atom stereocenters. The fourth-order valence-electron chi connectivity index (χ4n) is 0.865. The second-order valence-electron chi connectivity index (χ2n) is 2.65. The highest BCUT2D eigenvalue weighted by atomic mass is 16.5. The van der Waals surface area contributed by atoms with Gasteiger partial charge in [-0.25, -0.2) is 0 Å². The minimum atomic E-state index is -0.924. The number of aliphatic hydroxyl groups excluding tert-OH is 1. The van der Waals surface area contributed by atoms with E-state index in [1.807, 2.05) is 0 Å². The van der Waals surface area contributed by atoms with E-state index >= 15 is 0 Å². The third-order valence-corrected chi connectivity index (χ3v) is 1.70. The molecule has 5 heteroatoms. The van der Waals surface area contributed by atoms with Crippen molar-refractivity contribution in [3.8, 4) is 0 Å². The molecule has 0 spiro atoms. The Hall–Kier alpha value is -1.10. The Kier molecular flexibility index (Phi) is 5.06. The molecule has 1 N–H and O–H groups in total. The van der Waals surface area contributed by atoms with Crippen LogP contribution in [0.1, 0.15) is 13.3 Å². The van der Waals surface area contributed by atoms with E-state index in [0.29, 0.717) is 0 Å². The Bertz CT molecular complexity index is 187. The summed E-state index contributed by atoms with van der Waals surface area (Å²) in [5.41, 5.74) is 0. The summed E-state index contributed by atoms with van der Waals surface area (Å²) in [6.07, 6.45) is -1.09. The highest BCUT2D eigenvalue weighted by Gasteiger charge is 2.27. The molecule has 0 amide bonds. The number of carbonyl (C=O) groups excluding carboxylic acids is 2. The molecule has 0 saturated carbocycles. The zero-order valence-electron chi connectivity index (χ0n) is 7.94. The molecule has 0 aliphatic heterocycles.